The zero-order valence-corrected chi connectivity index (χ0v) is 15.6. The Labute approximate surface area is 154 Å². The van der Waals surface area contributed by atoms with Crippen LogP contribution in [0.3, 0.4) is 0 Å². The number of anilines is 2. The van der Waals surface area contributed by atoms with Gasteiger partial charge in [-0.1, -0.05) is 18.5 Å². The van der Waals surface area contributed by atoms with Crippen molar-refractivity contribution in [2.45, 2.75) is 33.2 Å². The summed E-state index contributed by atoms with van der Waals surface area (Å²) in [5.74, 6) is 0.844. The standard InChI is InChI=1S/C15H19ClN6O2S/c1-9-3-5-21(6-4-9)7-11-10(2)19-15(25-11)20-14-12(22(23)24)13(16)17-8-18-14/h8-9H,3-7H2,1-2H3,(H,17,18,19,20). The van der Waals surface area contributed by atoms with E-state index in [1.165, 1.54) is 30.5 Å². The molecule has 1 N–H and O–H groups in total. The summed E-state index contributed by atoms with van der Waals surface area (Å²) in [7, 11) is 0. The molecule has 8 nitrogen and oxygen atoms in total. The molecule has 1 aliphatic heterocycles. The molecule has 0 aromatic carbocycles. The molecule has 134 valence electrons. The lowest BCUT2D eigenvalue weighted by atomic mass is 9.99. The van der Waals surface area contributed by atoms with Crippen LogP contribution < -0.4 is 5.32 Å². The van der Waals surface area contributed by atoms with Crippen LogP contribution in [0.15, 0.2) is 6.33 Å². The molecule has 1 fully saturated rings. The number of nitrogens with one attached hydrogen (secondary N) is 1. The summed E-state index contributed by atoms with van der Waals surface area (Å²) >= 11 is 7.30. The minimum absolute atomic E-state index is 0.0529. The average molecular weight is 383 g/mol. The number of nitro groups is 1. The van der Waals surface area contributed by atoms with E-state index in [4.69, 9.17) is 11.6 Å². The number of aryl methyl sites for hydroxylation is 1. The second-order valence-electron chi connectivity index (χ2n) is 6.23. The van der Waals surface area contributed by atoms with Crippen molar-refractivity contribution in [3.8, 4) is 0 Å². The van der Waals surface area contributed by atoms with E-state index in [2.05, 4.69) is 32.1 Å². The second-order valence-corrected chi connectivity index (χ2v) is 7.67. The van der Waals surface area contributed by atoms with Gasteiger partial charge < -0.3 is 5.32 Å². The van der Waals surface area contributed by atoms with E-state index >= 15 is 0 Å². The highest BCUT2D eigenvalue weighted by atomic mass is 35.5. The van der Waals surface area contributed by atoms with Gasteiger partial charge in [0.15, 0.2) is 5.13 Å². The number of piperidine rings is 1. The van der Waals surface area contributed by atoms with Crippen molar-refractivity contribution < 1.29 is 4.92 Å². The number of rotatable bonds is 5. The maximum absolute atomic E-state index is 11.2. The Morgan fingerprint density at radius 1 is 1.44 bits per heavy atom. The Hall–Kier alpha value is -1.84. The molecule has 0 unspecified atom stereocenters. The Morgan fingerprint density at radius 2 is 2.16 bits per heavy atom. The van der Waals surface area contributed by atoms with Crippen LogP contribution in [-0.4, -0.2) is 37.9 Å². The van der Waals surface area contributed by atoms with Gasteiger partial charge in [0.2, 0.25) is 11.0 Å². The molecule has 1 aliphatic rings. The molecular weight excluding hydrogens is 364 g/mol. The van der Waals surface area contributed by atoms with Crippen molar-refractivity contribution in [3.05, 3.63) is 32.2 Å². The first-order valence-corrected chi connectivity index (χ1v) is 9.24. The van der Waals surface area contributed by atoms with E-state index in [9.17, 15) is 10.1 Å². The molecule has 3 heterocycles. The summed E-state index contributed by atoms with van der Waals surface area (Å²) in [6.45, 7) is 7.27. The first-order valence-electron chi connectivity index (χ1n) is 8.04. The number of hydrogen-bond donors (Lipinski definition) is 1. The topological polar surface area (TPSA) is 97.1 Å². The molecule has 2 aromatic heterocycles. The van der Waals surface area contributed by atoms with Gasteiger partial charge in [-0.25, -0.2) is 15.0 Å². The predicted octanol–water partition coefficient (Wildman–Crippen LogP) is 3.78. The third kappa shape index (κ3) is 4.23. The minimum Gasteiger partial charge on any atom is -0.310 e. The quantitative estimate of drug-likeness (QED) is 0.477. The largest absolute Gasteiger partial charge is 0.348 e. The van der Waals surface area contributed by atoms with Crippen LogP contribution in [-0.2, 0) is 6.54 Å². The van der Waals surface area contributed by atoms with E-state index in [1.54, 1.807) is 0 Å². The molecule has 10 heteroatoms. The fourth-order valence-corrected chi connectivity index (χ4v) is 3.97. The first-order chi connectivity index (χ1) is 11.9. The van der Waals surface area contributed by atoms with Crippen molar-refractivity contribution in [2.24, 2.45) is 5.92 Å². The van der Waals surface area contributed by atoms with Gasteiger partial charge in [-0.05, 0) is 38.8 Å². The number of aromatic nitrogens is 3. The fourth-order valence-electron chi connectivity index (χ4n) is 2.76. The van der Waals surface area contributed by atoms with Gasteiger partial charge in [0.1, 0.15) is 6.33 Å². The smallest absolute Gasteiger partial charge is 0.310 e. The third-order valence-electron chi connectivity index (χ3n) is 4.32. The SMILES string of the molecule is Cc1nc(Nc2ncnc(Cl)c2[N+](=O)[O-])sc1CN1CCC(C)CC1. The summed E-state index contributed by atoms with van der Waals surface area (Å²) in [6.07, 6.45) is 3.62. The van der Waals surface area contributed by atoms with E-state index in [1.807, 2.05) is 6.92 Å². The van der Waals surface area contributed by atoms with E-state index in [-0.39, 0.29) is 16.7 Å². The molecule has 0 aliphatic carbocycles. The number of thiazole rings is 1. The van der Waals surface area contributed by atoms with Crippen LogP contribution >= 0.6 is 22.9 Å². The zero-order chi connectivity index (χ0) is 18.0. The maximum atomic E-state index is 11.2. The summed E-state index contributed by atoms with van der Waals surface area (Å²) in [5.41, 5.74) is 0.581. The van der Waals surface area contributed by atoms with Crippen LogP contribution in [0.1, 0.15) is 30.3 Å². The highest BCUT2D eigenvalue weighted by Crippen LogP contribution is 2.33. The van der Waals surface area contributed by atoms with Crippen LogP contribution in [0, 0.1) is 23.0 Å². The van der Waals surface area contributed by atoms with E-state index < -0.39 is 4.92 Å². The normalized spacial score (nSPS) is 16.1. The zero-order valence-electron chi connectivity index (χ0n) is 14.0. The van der Waals surface area contributed by atoms with Crippen LogP contribution in [0.5, 0.6) is 0 Å². The lowest BCUT2D eigenvalue weighted by Crippen LogP contribution is -2.32. The molecule has 0 bridgehead atoms. The number of likely N-dealkylation sites (tertiary alicyclic amines) is 1. The molecule has 0 spiro atoms. The Balaban J connectivity index is 1.75. The Kier molecular flexibility index (Phi) is 5.45. The van der Waals surface area contributed by atoms with Crippen molar-refractivity contribution in [1.82, 2.24) is 19.9 Å². The van der Waals surface area contributed by atoms with Gasteiger partial charge in [-0.2, -0.15) is 0 Å². The molecule has 0 atom stereocenters. The van der Waals surface area contributed by atoms with Gasteiger partial charge in [-0.15, -0.1) is 11.3 Å². The van der Waals surface area contributed by atoms with E-state index in [0.717, 1.165) is 36.1 Å². The van der Waals surface area contributed by atoms with Gasteiger partial charge in [-0.3, -0.25) is 15.0 Å². The van der Waals surface area contributed by atoms with Crippen LogP contribution in [0.2, 0.25) is 5.15 Å². The molecule has 3 rings (SSSR count). The van der Waals surface area contributed by atoms with Gasteiger partial charge in [0, 0.05) is 11.4 Å². The number of halogens is 1. The molecule has 0 amide bonds. The summed E-state index contributed by atoms with van der Waals surface area (Å²) in [5, 5.41) is 14.5. The number of nitrogens with zero attached hydrogens (tertiary/aromatic N) is 5. The Bertz CT molecular complexity index is 775. The molecular formula is C15H19ClN6O2S. The van der Waals surface area contributed by atoms with Crippen LogP contribution in [0.4, 0.5) is 16.6 Å². The summed E-state index contributed by atoms with van der Waals surface area (Å²) < 4.78 is 0. The van der Waals surface area contributed by atoms with Crippen molar-refractivity contribution in [2.75, 3.05) is 18.4 Å². The number of hydrogen-bond acceptors (Lipinski definition) is 8. The van der Waals surface area contributed by atoms with Crippen molar-refractivity contribution in [3.63, 3.8) is 0 Å². The highest BCUT2D eigenvalue weighted by molar-refractivity contribution is 7.15. The lowest BCUT2D eigenvalue weighted by molar-refractivity contribution is -0.384. The van der Waals surface area contributed by atoms with Gasteiger partial charge >= 0.3 is 5.69 Å². The predicted molar refractivity (Wildman–Crippen MR) is 97.5 cm³/mol. The van der Waals surface area contributed by atoms with Gasteiger partial charge in [0.05, 0.1) is 10.6 Å². The third-order valence-corrected chi connectivity index (χ3v) is 5.66. The highest BCUT2D eigenvalue weighted by Gasteiger charge is 2.23. The van der Waals surface area contributed by atoms with Gasteiger partial charge in [0.25, 0.3) is 0 Å². The Morgan fingerprint density at radius 3 is 2.84 bits per heavy atom. The monoisotopic (exact) mass is 382 g/mol. The lowest BCUT2D eigenvalue weighted by Gasteiger charge is -2.29. The molecule has 0 saturated carbocycles. The fraction of sp³-hybridized carbons (Fsp3) is 0.533. The summed E-state index contributed by atoms with van der Waals surface area (Å²) in [6, 6.07) is 0. The summed E-state index contributed by atoms with van der Waals surface area (Å²) in [4.78, 5) is 26.2. The molecule has 1 saturated heterocycles. The maximum Gasteiger partial charge on any atom is 0.348 e. The molecule has 0 radical (unpaired) electrons. The van der Waals surface area contributed by atoms with Crippen LogP contribution in [0.25, 0.3) is 0 Å². The van der Waals surface area contributed by atoms with E-state index in [0.29, 0.717) is 5.13 Å². The average Bonchev–Trinajstić information content (AvgIpc) is 2.88. The first kappa shape index (κ1) is 18.0. The molecule has 2 aromatic rings. The van der Waals surface area contributed by atoms with Crippen molar-refractivity contribution >= 4 is 39.6 Å². The second kappa shape index (κ2) is 7.59. The minimum atomic E-state index is -0.596. The molecule has 25 heavy (non-hydrogen) atoms. The van der Waals surface area contributed by atoms with Crippen molar-refractivity contribution in [1.29, 1.82) is 0 Å².